The second-order valence-electron chi connectivity index (χ2n) is 8.86. The highest BCUT2D eigenvalue weighted by Crippen LogP contribution is 2.32. The third-order valence-corrected chi connectivity index (χ3v) is 6.46. The summed E-state index contributed by atoms with van der Waals surface area (Å²) in [6, 6.07) is 8.26. The van der Waals surface area contributed by atoms with E-state index in [0.717, 1.165) is 53.3 Å². The van der Waals surface area contributed by atoms with Crippen molar-refractivity contribution in [3.05, 3.63) is 47.9 Å². The molecule has 2 heterocycles. The number of fused-ring (bicyclic) bond motifs is 1. The van der Waals surface area contributed by atoms with Gasteiger partial charge in [0.1, 0.15) is 5.69 Å². The quantitative estimate of drug-likeness (QED) is 0.538. The Balaban J connectivity index is 1.39. The minimum Gasteiger partial charge on any atom is -0.353 e. The van der Waals surface area contributed by atoms with Crippen LogP contribution in [0, 0.1) is 18.8 Å². The van der Waals surface area contributed by atoms with E-state index in [4.69, 9.17) is 0 Å². The van der Waals surface area contributed by atoms with E-state index in [1.807, 2.05) is 32.2 Å². The molecular formula is C25H30N4O2. The molecule has 0 spiro atoms. The van der Waals surface area contributed by atoms with Crippen LogP contribution in [0.4, 0.5) is 0 Å². The molecule has 1 aliphatic rings. The maximum absolute atomic E-state index is 12.9. The standard InChI is InChI=1S/C25H30N4O2/c1-4-23(30)28-21-7-5-17(11-21)9-16(3)25(31)22-8-6-18(13-26-22)19-10-15(2)24-20(12-19)14-27-29-24/h6,8,10,12-14,16-17,21H,4-5,7,9,11H2,1-3H3,(H,27,29)(H,28,30). The number of amides is 1. The van der Waals surface area contributed by atoms with E-state index in [0.29, 0.717) is 18.0 Å². The first-order valence-corrected chi connectivity index (χ1v) is 11.2. The number of aromatic amines is 1. The third kappa shape index (κ3) is 4.68. The van der Waals surface area contributed by atoms with E-state index in [9.17, 15) is 9.59 Å². The lowest BCUT2D eigenvalue weighted by molar-refractivity contribution is -0.121. The number of aromatic nitrogens is 3. The Morgan fingerprint density at radius 2 is 2.03 bits per heavy atom. The van der Waals surface area contributed by atoms with Crippen LogP contribution in [0.2, 0.25) is 0 Å². The second-order valence-corrected chi connectivity index (χ2v) is 8.86. The first-order chi connectivity index (χ1) is 14.9. The number of rotatable bonds is 7. The smallest absolute Gasteiger partial charge is 0.219 e. The van der Waals surface area contributed by atoms with Crippen molar-refractivity contribution < 1.29 is 9.59 Å². The van der Waals surface area contributed by atoms with Gasteiger partial charge in [0.05, 0.1) is 11.7 Å². The number of carbonyl (C=O) groups is 2. The van der Waals surface area contributed by atoms with Crippen molar-refractivity contribution >= 4 is 22.6 Å². The molecule has 3 aromatic rings. The summed E-state index contributed by atoms with van der Waals surface area (Å²) in [6.07, 6.45) is 8.00. The predicted octanol–water partition coefficient (Wildman–Crippen LogP) is 4.84. The fraction of sp³-hybridized carbons (Fsp3) is 0.440. The zero-order chi connectivity index (χ0) is 22.0. The number of nitrogens with zero attached hydrogens (tertiary/aromatic N) is 2. The van der Waals surface area contributed by atoms with E-state index < -0.39 is 0 Å². The highest BCUT2D eigenvalue weighted by molar-refractivity contribution is 5.96. The lowest BCUT2D eigenvalue weighted by atomic mass is 9.90. The minimum absolute atomic E-state index is 0.0755. The molecule has 1 saturated carbocycles. The summed E-state index contributed by atoms with van der Waals surface area (Å²) in [5.41, 5.74) is 4.74. The van der Waals surface area contributed by atoms with Crippen LogP contribution in [-0.2, 0) is 4.79 Å². The molecule has 1 aliphatic carbocycles. The van der Waals surface area contributed by atoms with Gasteiger partial charge in [0, 0.05) is 35.5 Å². The van der Waals surface area contributed by atoms with E-state index in [2.05, 4.69) is 39.6 Å². The van der Waals surface area contributed by atoms with Gasteiger partial charge in [-0.25, -0.2) is 0 Å². The number of benzene rings is 1. The maximum atomic E-state index is 12.9. The van der Waals surface area contributed by atoms with Gasteiger partial charge in [-0.1, -0.05) is 19.9 Å². The van der Waals surface area contributed by atoms with E-state index >= 15 is 0 Å². The van der Waals surface area contributed by atoms with E-state index in [1.54, 1.807) is 6.20 Å². The van der Waals surface area contributed by atoms with Crippen LogP contribution in [0.15, 0.2) is 36.7 Å². The SMILES string of the molecule is CCC(=O)NC1CCC(CC(C)C(=O)c2ccc(-c3cc(C)c4[nH]ncc4c3)cn2)C1. The molecule has 0 saturated heterocycles. The Kier molecular flexibility index (Phi) is 6.16. The summed E-state index contributed by atoms with van der Waals surface area (Å²) < 4.78 is 0. The molecule has 3 unspecified atom stereocenters. The Labute approximate surface area is 182 Å². The van der Waals surface area contributed by atoms with Crippen LogP contribution < -0.4 is 5.32 Å². The lowest BCUT2D eigenvalue weighted by Crippen LogP contribution is -2.32. The van der Waals surface area contributed by atoms with Crippen LogP contribution in [0.1, 0.15) is 62.0 Å². The highest BCUT2D eigenvalue weighted by Gasteiger charge is 2.29. The maximum Gasteiger partial charge on any atom is 0.219 e. The molecule has 0 bridgehead atoms. The molecule has 4 rings (SSSR count). The fourth-order valence-electron chi connectivity index (χ4n) is 4.72. The van der Waals surface area contributed by atoms with Gasteiger partial charge in [0.2, 0.25) is 5.91 Å². The van der Waals surface area contributed by atoms with Gasteiger partial charge in [-0.2, -0.15) is 5.10 Å². The molecule has 2 aromatic heterocycles. The van der Waals surface area contributed by atoms with Crippen LogP contribution in [0.25, 0.3) is 22.0 Å². The molecule has 1 aromatic carbocycles. The molecule has 6 heteroatoms. The second kappa shape index (κ2) is 9.00. The number of nitrogens with one attached hydrogen (secondary N) is 2. The number of H-pyrrole nitrogens is 1. The molecule has 0 aliphatic heterocycles. The van der Waals surface area contributed by atoms with Crippen molar-refractivity contribution in [2.24, 2.45) is 11.8 Å². The summed E-state index contributed by atoms with van der Waals surface area (Å²) in [5, 5.41) is 11.3. The summed E-state index contributed by atoms with van der Waals surface area (Å²) in [7, 11) is 0. The van der Waals surface area contributed by atoms with Crippen molar-refractivity contribution in [2.75, 3.05) is 0 Å². The lowest BCUT2D eigenvalue weighted by Gasteiger charge is -2.16. The van der Waals surface area contributed by atoms with Gasteiger partial charge in [-0.05, 0) is 67.9 Å². The Morgan fingerprint density at radius 3 is 2.77 bits per heavy atom. The molecule has 162 valence electrons. The molecule has 6 nitrogen and oxygen atoms in total. The average molecular weight is 419 g/mol. The van der Waals surface area contributed by atoms with Gasteiger partial charge in [0.15, 0.2) is 5.78 Å². The predicted molar refractivity (Wildman–Crippen MR) is 122 cm³/mol. The Bertz CT molecular complexity index is 1090. The Hall–Kier alpha value is -3.02. The van der Waals surface area contributed by atoms with Gasteiger partial charge < -0.3 is 5.32 Å². The highest BCUT2D eigenvalue weighted by atomic mass is 16.1. The van der Waals surface area contributed by atoms with Gasteiger partial charge in [-0.15, -0.1) is 0 Å². The minimum atomic E-state index is -0.0755. The number of Topliss-reactive ketones (excluding diaryl/α,β-unsaturated/α-hetero) is 1. The third-order valence-electron chi connectivity index (χ3n) is 6.46. The number of carbonyl (C=O) groups excluding carboxylic acids is 2. The van der Waals surface area contributed by atoms with Crippen molar-refractivity contribution in [3.63, 3.8) is 0 Å². The topological polar surface area (TPSA) is 87.7 Å². The number of pyridine rings is 1. The summed E-state index contributed by atoms with van der Waals surface area (Å²) >= 11 is 0. The molecule has 0 radical (unpaired) electrons. The van der Waals surface area contributed by atoms with Crippen molar-refractivity contribution in [3.8, 4) is 11.1 Å². The van der Waals surface area contributed by atoms with Crippen LogP contribution >= 0.6 is 0 Å². The van der Waals surface area contributed by atoms with Crippen LogP contribution in [0.3, 0.4) is 0 Å². The van der Waals surface area contributed by atoms with Crippen molar-refractivity contribution in [1.82, 2.24) is 20.5 Å². The summed E-state index contributed by atoms with van der Waals surface area (Å²) in [5.74, 6) is 0.605. The molecule has 1 amide bonds. The van der Waals surface area contributed by atoms with Crippen molar-refractivity contribution in [2.45, 2.75) is 58.9 Å². The molecule has 2 N–H and O–H groups in total. The summed E-state index contributed by atoms with van der Waals surface area (Å²) in [6.45, 7) is 5.92. The van der Waals surface area contributed by atoms with E-state index in [-0.39, 0.29) is 23.7 Å². The average Bonchev–Trinajstić information content (AvgIpc) is 3.42. The number of hydrogen-bond acceptors (Lipinski definition) is 4. The number of aryl methyl sites for hydroxylation is 1. The zero-order valence-electron chi connectivity index (χ0n) is 18.4. The first-order valence-electron chi connectivity index (χ1n) is 11.2. The summed E-state index contributed by atoms with van der Waals surface area (Å²) in [4.78, 5) is 29.0. The molecule has 1 fully saturated rings. The van der Waals surface area contributed by atoms with Gasteiger partial charge in [-0.3, -0.25) is 19.7 Å². The molecule has 3 atom stereocenters. The van der Waals surface area contributed by atoms with Crippen molar-refractivity contribution in [1.29, 1.82) is 0 Å². The van der Waals surface area contributed by atoms with Crippen LogP contribution in [-0.4, -0.2) is 32.9 Å². The molecular weight excluding hydrogens is 388 g/mol. The van der Waals surface area contributed by atoms with E-state index in [1.165, 1.54) is 0 Å². The number of ketones is 1. The zero-order valence-corrected chi connectivity index (χ0v) is 18.4. The largest absolute Gasteiger partial charge is 0.353 e. The number of hydrogen-bond donors (Lipinski definition) is 2. The molecule has 31 heavy (non-hydrogen) atoms. The van der Waals surface area contributed by atoms with Gasteiger partial charge >= 0.3 is 0 Å². The van der Waals surface area contributed by atoms with Gasteiger partial charge in [0.25, 0.3) is 0 Å². The fourth-order valence-corrected chi connectivity index (χ4v) is 4.72. The van der Waals surface area contributed by atoms with Crippen LogP contribution in [0.5, 0.6) is 0 Å². The Morgan fingerprint density at radius 1 is 1.19 bits per heavy atom. The monoisotopic (exact) mass is 418 g/mol. The normalized spacial score (nSPS) is 19.5. The first kappa shape index (κ1) is 21.2.